The molecule has 2 nitrogen and oxygen atoms in total. The average Bonchev–Trinajstić information content (AvgIpc) is 2.71. The fourth-order valence-corrected chi connectivity index (χ4v) is 2.33. The Kier molecular flexibility index (Phi) is 2.59. The zero-order valence-electron chi connectivity index (χ0n) is 8.21. The van der Waals surface area contributed by atoms with Crippen LogP contribution in [0.15, 0.2) is 34.3 Å². The maximum atomic E-state index is 5.88. The quantitative estimate of drug-likeness (QED) is 0.779. The average molecular weight is 206 g/mol. The standard InChI is InChI=1S/C11H14N2S/c1-13-11-6-8(2-3-10(11)12)9-4-5-14-7-9/h4-7,13H,2-3,12H2,1H3. The molecule has 3 heteroatoms. The molecule has 0 amide bonds. The van der Waals surface area contributed by atoms with E-state index in [2.05, 4.69) is 28.2 Å². The van der Waals surface area contributed by atoms with Crippen molar-refractivity contribution < 1.29 is 0 Å². The predicted octanol–water partition coefficient (Wildman–Crippen LogP) is 2.32. The number of thiophene rings is 1. The zero-order valence-corrected chi connectivity index (χ0v) is 9.03. The molecular weight excluding hydrogens is 192 g/mol. The van der Waals surface area contributed by atoms with Gasteiger partial charge in [-0.05, 0) is 46.9 Å². The van der Waals surface area contributed by atoms with Crippen molar-refractivity contribution in [1.82, 2.24) is 5.32 Å². The molecule has 1 aliphatic rings. The van der Waals surface area contributed by atoms with Crippen molar-refractivity contribution >= 4 is 16.9 Å². The van der Waals surface area contributed by atoms with E-state index >= 15 is 0 Å². The number of likely N-dealkylation sites (N-methyl/N-ethyl adjacent to an activating group) is 1. The lowest BCUT2D eigenvalue weighted by Crippen LogP contribution is -2.15. The Morgan fingerprint density at radius 3 is 2.93 bits per heavy atom. The van der Waals surface area contributed by atoms with Crippen LogP contribution in [0, 0.1) is 0 Å². The molecule has 0 aliphatic heterocycles. The minimum Gasteiger partial charge on any atom is -0.400 e. The SMILES string of the molecule is CNC1=C(N)CCC(c2ccsc2)=C1. The molecular formula is C11H14N2S. The Morgan fingerprint density at radius 2 is 2.29 bits per heavy atom. The molecule has 1 heterocycles. The second-order valence-corrected chi connectivity index (χ2v) is 4.15. The van der Waals surface area contributed by atoms with Crippen LogP contribution >= 0.6 is 11.3 Å². The molecule has 1 aliphatic carbocycles. The summed E-state index contributed by atoms with van der Waals surface area (Å²) in [5.41, 5.74) is 10.6. The molecule has 0 bridgehead atoms. The summed E-state index contributed by atoms with van der Waals surface area (Å²) in [7, 11) is 1.91. The van der Waals surface area contributed by atoms with E-state index < -0.39 is 0 Å². The highest BCUT2D eigenvalue weighted by molar-refractivity contribution is 7.08. The topological polar surface area (TPSA) is 38.0 Å². The maximum Gasteiger partial charge on any atom is 0.0531 e. The molecule has 0 saturated heterocycles. The van der Waals surface area contributed by atoms with E-state index in [1.54, 1.807) is 11.3 Å². The molecule has 0 atom stereocenters. The number of hydrogen-bond donors (Lipinski definition) is 2. The number of rotatable bonds is 2. The minimum absolute atomic E-state index is 0.956. The van der Waals surface area contributed by atoms with E-state index in [-0.39, 0.29) is 0 Å². The van der Waals surface area contributed by atoms with Gasteiger partial charge in [-0.25, -0.2) is 0 Å². The van der Waals surface area contributed by atoms with Gasteiger partial charge in [-0.3, -0.25) is 0 Å². The van der Waals surface area contributed by atoms with E-state index in [1.165, 1.54) is 11.1 Å². The van der Waals surface area contributed by atoms with Crippen molar-refractivity contribution in [3.63, 3.8) is 0 Å². The zero-order chi connectivity index (χ0) is 9.97. The number of nitrogens with one attached hydrogen (secondary N) is 1. The summed E-state index contributed by atoms with van der Waals surface area (Å²) in [6.07, 6.45) is 4.16. The first-order chi connectivity index (χ1) is 6.81. The molecule has 0 saturated carbocycles. The summed E-state index contributed by atoms with van der Waals surface area (Å²) in [6.45, 7) is 0. The van der Waals surface area contributed by atoms with Crippen LogP contribution in [0.1, 0.15) is 18.4 Å². The Morgan fingerprint density at radius 1 is 1.43 bits per heavy atom. The van der Waals surface area contributed by atoms with Crippen LogP contribution in [0.3, 0.4) is 0 Å². The molecule has 14 heavy (non-hydrogen) atoms. The van der Waals surface area contributed by atoms with Crippen LogP contribution in [0.5, 0.6) is 0 Å². The van der Waals surface area contributed by atoms with Crippen LogP contribution in [0.2, 0.25) is 0 Å². The first kappa shape index (κ1) is 9.34. The third kappa shape index (κ3) is 1.68. The Hall–Kier alpha value is -1.22. The van der Waals surface area contributed by atoms with Crippen molar-refractivity contribution in [2.75, 3.05) is 7.05 Å². The van der Waals surface area contributed by atoms with Crippen molar-refractivity contribution in [3.8, 4) is 0 Å². The number of nitrogens with two attached hydrogens (primary N) is 1. The molecule has 74 valence electrons. The Balaban J connectivity index is 2.31. The lowest BCUT2D eigenvalue weighted by Gasteiger charge is -2.16. The van der Waals surface area contributed by atoms with E-state index in [4.69, 9.17) is 5.73 Å². The van der Waals surface area contributed by atoms with Gasteiger partial charge >= 0.3 is 0 Å². The van der Waals surface area contributed by atoms with E-state index in [0.29, 0.717) is 0 Å². The summed E-state index contributed by atoms with van der Waals surface area (Å²) in [6, 6.07) is 2.16. The normalized spacial score (nSPS) is 16.8. The lowest BCUT2D eigenvalue weighted by molar-refractivity contribution is 0.879. The van der Waals surface area contributed by atoms with Gasteiger partial charge in [0.05, 0.1) is 5.70 Å². The molecule has 0 unspecified atom stereocenters. The first-order valence-electron chi connectivity index (χ1n) is 4.71. The smallest absolute Gasteiger partial charge is 0.0531 e. The summed E-state index contributed by atoms with van der Waals surface area (Å²) >= 11 is 1.73. The summed E-state index contributed by atoms with van der Waals surface area (Å²) < 4.78 is 0. The number of hydrogen-bond acceptors (Lipinski definition) is 3. The van der Waals surface area contributed by atoms with Gasteiger partial charge < -0.3 is 11.1 Å². The largest absolute Gasteiger partial charge is 0.400 e. The van der Waals surface area contributed by atoms with E-state index in [1.807, 2.05) is 7.05 Å². The Bertz CT molecular complexity index is 374. The van der Waals surface area contributed by atoms with Gasteiger partial charge in [0.15, 0.2) is 0 Å². The highest BCUT2D eigenvalue weighted by Crippen LogP contribution is 2.28. The Labute approximate surface area is 88.1 Å². The molecule has 1 aromatic heterocycles. The van der Waals surface area contributed by atoms with Gasteiger partial charge in [0, 0.05) is 12.7 Å². The molecule has 0 radical (unpaired) electrons. The first-order valence-corrected chi connectivity index (χ1v) is 5.65. The van der Waals surface area contributed by atoms with Crippen LogP contribution in [0.4, 0.5) is 0 Å². The molecule has 3 N–H and O–H groups in total. The lowest BCUT2D eigenvalue weighted by atomic mass is 9.96. The summed E-state index contributed by atoms with van der Waals surface area (Å²) in [4.78, 5) is 0. The fraction of sp³-hybridized carbons (Fsp3) is 0.273. The second kappa shape index (κ2) is 3.88. The fourth-order valence-electron chi connectivity index (χ4n) is 1.65. The van der Waals surface area contributed by atoms with Gasteiger partial charge in [0.25, 0.3) is 0 Å². The van der Waals surface area contributed by atoms with Crippen molar-refractivity contribution in [1.29, 1.82) is 0 Å². The van der Waals surface area contributed by atoms with Crippen molar-refractivity contribution in [2.24, 2.45) is 5.73 Å². The van der Waals surface area contributed by atoms with Crippen LogP contribution in [0.25, 0.3) is 5.57 Å². The maximum absolute atomic E-state index is 5.88. The second-order valence-electron chi connectivity index (χ2n) is 3.37. The third-order valence-electron chi connectivity index (χ3n) is 2.49. The van der Waals surface area contributed by atoms with Crippen LogP contribution in [-0.2, 0) is 0 Å². The molecule has 0 aromatic carbocycles. The highest BCUT2D eigenvalue weighted by atomic mass is 32.1. The summed E-state index contributed by atoms with van der Waals surface area (Å²) in [5, 5.41) is 7.42. The summed E-state index contributed by atoms with van der Waals surface area (Å²) in [5.74, 6) is 0. The molecule has 0 spiro atoms. The van der Waals surface area contributed by atoms with Gasteiger partial charge in [-0.2, -0.15) is 11.3 Å². The predicted molar refractivity (Wildman–Crippen MR) is 61.8 cm³/mol. The van der Waals surface area contributed by atoms with Gasteiger partial charge in [0.2, 0.25) is 0 Å². The molecule has 2 rings (SSSR count). The van der Waals surface area contributed by atoms with Crippen molar-refractivity contribution in [2.45, 2.75) is 12.8 Å². The van der Waals surface area contributed by atoms with Gasteiger partial charge in [0.1, 0.15) is 0 Å². The van der Waals surface area contributed by atoms with E-state index in [9.17, 15) is 0 Å². The van der Waals surface area contributed by atoms with Crippen molar-refractivity contribution in [3.05, 3.63) is 39.9 Å². The monoisotopic (exact) mass is 206 g/mol. The van der Waals surface area contributed by atoms with Crippen LogP contribution < -0.4 is 11.1 Å². The minimum atomic E-state index is 0.956. The number of allylic oxidation sites excluding steroid dienone is 3. The van der Waals surface area contributed by atoms with Crippen LogP contribution in [-0.4, -0.2) is 7.05 Å². The molecule has 1 aromatic rings. The van der Waals surface area contributed by atoms with Gasteiger partial charge in [-0.1, -0.05) is 0 Å². The third-order valence-corrected chi connectivity index (χ3v) is 3.17. The van der Waals surface area contributed by atoms with E-state index in [0.717, 1.165) is 24.2 Å². The highest BCUT2D eigenvalue weighted by Gasteiger charge is 2.11. The molecule has 0 fully saturated rings. The van der Waals surface area contributed by atoms with Gasteiger partial charge in [-0.15, -0.1) is 0 Å².